The molecular weight excluding hydrogens is 691 g/mol. The molecule has 0 amide bonds. The third kappa shape index (κ3) is 4.83. The van der Waals surface area contributed by atoms with Crippen LogP contribution in [0.3, 0.4) is 0 Å². The third-order valence-corrected chi connectivity index (χ3v) is 13.0. The molecule has 1 aliphatic rings. The smallest absolute Gasteiger partial charge is 0.159 e. The second-order valence-electron chi connectivity index (χ2n) is 17.2. The van der Waals surface area contributed by atoms with Crippen molar-refractivity contribution in [3.63, 3.8) is 0 Å². The Labute approximate surface area is 334 Å². The van der Waals surface area contributed by atoms with Crippen molar-refractivity contribution in [1.29, 1.82) is 0 Å². The van der Waals surface area contributed by atoms with Gasteiger partial charge in [0.05, 0.1) is 5.69 Å². The monoisotopic (exact) mass is 735 g/mol. The Morgan fingerprint density at radius 1 is 0.474 bits per heavy atom. The van der Waals surface area contributed by atoms with E-state index in [4.69, 9.17) is 4.42 Å². The van der Waals surface area contributed by atoms with E-state index in [0.717, 1.165) is 39.0 Å². The first-order valence-electron chi connectivity index (χ1n) is 20.5. The van der Waals surface area contributed by atoms with E-state index in [1.54, 1.807) is 0 Å². The number of para-hydroxylation sites is 2. The molecule has 0 spiro atoms. The average Bonchev–Trinajstić information content (AvgIpc) is 3.73. The molecule has 2 nitrogen and oxygen atoms in total. The minimum Gasteiger partial charge on any atom is -0.454 e. The predicted molar refractivity (Wildman–Crippen MR) is 244 cm³/mol. The van der Waals surface area contributed by atoms with E-state index in [2.05, 4.69) is 198 Å². The SMILES string of the molecule is CC(C)c1ccc(N(c2ccc3c(c2)C(C)(C)c2c-3c3ccccc3c3c4ccc(C(C)C)cc4c4ccccc4c23)c2cccc3c2oc2ccccc23)cc1. The fourth-order valence-corrected chi connectivity index (χ4v) is 10.1. The molecule has 276 valence electrons. The molecule has 0 N–H and O–H groups in total. The van der Waals surface area contributed by atoms with E-state index < -0.39 is 0 Å². The van der Waals surface area contributed by atoms with Crippen LogP contribution in [0.2, 0.25) is 0 Å². The normalized spacial score (nSPS) is 13.5. The second-order valence-corrected chi connectivity index (χ2v) is 17.2. The van der Waals surface area contributed by atoms with Crippen LogP contribution in [0.1, 0.15) is 75.6 Å². The van der Waals surface area contributed by atoms with E-state index in [1.165, 1.54) is 76.5 Å². The summed E-state index contributed by atoms with van der Waals surface area (Å²) in [6.07, 6.45) is 0. The van der Waals surface area contributed by atoms with Crippen molar-refractivity contribution < 1.29 is 4.42 Å². The highest BCUT2D eigenvalue weighted by Gasteiger charge is 2.40. The van der Waals surface area contributed by atoms with Crippen LogP contribution in [0.4, 0.5) is 17.1 Å². The summed E-state index contributed by atoms with van der Waals surface area (Å²) >= 11 is 0. The van der Waals surface area contributed by atoms with Gasteiger partial charge in [-0.15, -0.1) is 0 Å². The topological polar surface area (TPSA) is 16.4 Å². The standard InChI is InChI=1S/C55H45NO/c1-32(2)34-22-25-36(26-23-34)56(48-20-13-19-44-39-15-11-12-21-49(39)57-54(44)48)37-27-29-45-47(31-37)55(5,6)53-51(45)42-18-10-9-17-41(42)50-43-28-24-35(33(3)4)30-46(43)38-14-7-8-16-40(38)52(50)53/h7-33H,1-6H3. The molecular formula is C55H45NO. The highest BCUT2D eigenvalue weighted by atomic mass is 16.3. The van der Waals surface area contributed by atoms with E-state index >= 15 is 0 Å². The second kappa shape index (κ2) is 12.3. The van der Waals surface area contributed by atoms with Crippen LogP contribution in [-0.2, 0) is 5.41 Å². The summed E-state index contributed by atoms with van der Waals surface area (Å²) in [5, 5.41) is 12.9. The lowest BCUT2D eigenvalue weighted by molar-refractivity contribution is 0.666. The molecule has 11 rings (SSSR count). The van der Waals surface area contributed by atoms with Crippen molar-refractivity contribution in [2.24, 2.45) is 0 Å². The highest BCUT2D eigenvalue weighted by Crippen LogP contribution is 2.58. The molecule has 2 heteroatoms. The summed E-state index contributed by atoms with van der Waals surface area (Å²) < 4.78 is 6.70. The Morgan fingerprint density at radius 3 is 1.81 bits per heavy atom. The van der Waals surface area contributed by atoms with Gasteiger partial charge in [-0.25, -0.2) is 0 Å². The summed E-state index contributed by atoms with van der Waals surface area (Å²) in [7, 11) is 0. The molecule has 0 saturated heterocycles. The Morgan fingerprint density at radius 2 is 1.07 bits per heavy atom. The molecule has 0 unspecified atom stereocenters. The molecule has 0 fully saturated rings. The van der Waals surface area contributed by atoms with Crippen LogP contribution in [-0.4, -0.2) is 0 Å². The molecule has 1 aromatic heterocycles. The first-order chi connectivity index (χ1) is 27.7. The van der Waals surface area contributed by atoms with E-state index in [-0.39, 0.29) is 5.41 Å². The zero-order chi connectivity index (χ0) is 38.7. The average molecular weight is 736 g/mol. The van der Waals surface area contributed by atoms with Crippen LogP contribution in [0, 0.1) is 0 Å². The molecule has 0 aliphatic heterocycles. The number of benzene rings is 9. The van der Waals surface area contributed by atoms with Gasteiger partial charge in [-0.2, -0.15) is 0 Å². The highest BCUT2D eigenvalue weighted by molar-refractivity contribution is 6.35. The van der Waals surface area contributed by atoms with Gasteiger partial charge in [0.25, 0.3) is 0 Å². The Balaban J connectivity index is 1.20. The fraction of sp³-hybridized carbons (Fsp3) is 0.164. The van der Waals surface area contributed by atoms with Crippen molar-refractivity contribution in [2.75, 3.05) is 4.90 Å². The summed E-state index contributed by atoms with van der Waals surface area (Å²) in [4.78, 5) is 2.40. The summed E-state index contributed by atoms with van der Waals surface area (Å²) in [5.41, 5.74) is 12.9. The number of hydrogen-bond donors (Lipinski definition) is 0. The lowest BCUT2D eigenvalue weighted by Crippen LogP contribution is -2.17. The number of nitrogens with zero attached hydrogens (tertiary/aromatic N) is 1. The number of fused-ring (bicyclic) bond motifs is 16. The number of anilines is 3. The molecule has 0 radical (unpaired) electrons. The van der Waals surface area contributed by atoms with E-state index in [1.807, 2.05) is 0 Å². The van der Waals surface area contributed by atoms with E-state index in [0.29, 0.717) is 11.8 Å². The zero-order valence-electron chi connectivity index (χ0n) is 33.4. The number of hydrogen-bond acceptors (Lipinski definition) is 2. The van der Waals surface area contributed by atoms with Gasteiger partial charge in [0.2, 0.25) is 0 Å². The lowest BCUT2D eigenvalue weighted by Gasteiger charge is -2.29. The van der Waals surface area contributed by atoms with Crippen LogP contribution in [0.15, 0.2) is 156 Å². The molecule has 0 saturated carbocycles. The maximum absolute atomic E-state index is 6.70. The molecule has 57 heavy (non-hydrogen) atoms. The van der Waals surface area contributed by atoms with Gasteiger partial charge < -0.3 is 9.32 Å². The predicted octanol–water partition coefficient (Wildman–Crippen LogP) is 16.2. The minimum atomic E-state index is -0.296. The first-order valence-corrected chi connectivity index (χ1v) is 20.5. The maximum atomic E-state index is 6.70. The molecule has 9 aromatic carbocycles. The van der Waals surface area contributed by atoms with Crippen molar-refractivity contribution in [3.05, 3.63) is 174 Å². The van der Waals surface area contributed by atoms with Gasteiger partial charge >= 0.3 is 0 Å². The van der Waals surface area contributed by atoms with Crippen molar-refractivity contribution in [3.8, 4) is 11.1 Å². The quantitative estimate of drug-likeness (QED) is 0.164. The number of furan rings is 1. The molecule has 0 atom stereocenters. The summed E-state index contributed by atoms with van der Waals surface area (Å²) in [5.74, 6) is 0.899. The van der Waals surface area contributed by atoms with Crippen LogP contribution >= 0.6 is 0 Å². The third-order valence-electron chi connectivity index (χ3n) is 13.0. The summed E-state index contributed by atoms with van der Waals surface area (Å²) in [6, 6.07) is 56.6. The lowest BCUT2D eigenvalue weighted by atomic mass is 9.77. The summed E-state index contributed by atoms with van der Waals surface area (Å²) in [6.45, 7) is 14.0. The van der Waals surface area contributed by atoms with E-state index in [9.17, 15) is 0 Å². The van der Waals surface area contributed by atoms with Gasteiger partial charge in [-0.05, 0) is 125 Å². The van der Waals surface area contributed by atoms with Crippen molar-refractivity contribution in [1.82, 2.24) is 0 Å². The fourth-order valence-electron chi connectivity index (χ4n) is 10.1. The van der Waals surface area contributed by atoms with Crippen LogP contribution in [0.25, 0.3) is 76.2 Å². The zero-order valence-corrected chi connectivity index (χ0v) is 33.4. The van der Waals surface area contributed by atoms with Gasteiger partial charge in [0.15, 0.2) is 5.58 Å². The number of rotatable bonds is 5. The van der Waals surface area contributed by atoms with Crippen molar-refractivity contribution >= 4 is 82.1 Å². The Hall–Kier alpha value is -6.38. The Bertz CT molecular complexity index is 3270. The minimum absolute atomic E-state index is 0.296. The van der Waals surface area contributed by atoms with Crippen molar-refractivity contribution in [2.45, 2.75) is 58.8 Å². The first kappa shape index (κ1) is 33.9. The largest absolute Gasteiger partial charge is 0.454 e. The van der Waals surface area contributed by atoms with Gasteiger partial charge in [0, 0.05) is 27.6 Å². The molecule has 1 heterocycles. The van der Waals surface area contributed by atoms with Gasteiger partial charge in [-0.3, -0.25) is 0 Å². The molecule has 0 bridgehead atoms. The molecule has 10 aromatic rings. The maximum Gasteiger partial charge on any atom is 0.159 e. The molecule has 1 aliphatic carbocycles. The Kier molecular flexibility index (Phi) is 7.32. The van der Waals surface area contributed by atoms with Gasteiger partial charge in [0.1, 0.15) is 5.58 Å². The van der Waals surface area contributed by atoms with Crippen LogP contribution < -0.4 is 4.90 Å². The van der Waals surface area contributed by atoms with Crippen LogP contribution in [0.5, 0.6) is 0 Å². The van der Waals surface area contributed by atoms with Gasteiger partial charge in [-0.1, -0.05) is 157 Å².